The predicted octanol–water partition coefficient (Wildman–Crippen LogP) is 2.87. The second-order valence-electron chi connectivity index (χ2n) is 3.80. The zero-order valence-corrected chi connectivity index (χ0v) is 9.47. The highest BCUT2D eigenvalue weighted by Gasteiger charge is 2.01. The number of hydrogen-bond donors (Lipinski definition) is 1. The van der Waals surface area contributed by atoms with Crippen LogP contribution < -0.4 is 4.74 Å². The van der Waals surface area contributed by atoms with E-state index in [1.807, 2.05) is 44.2 Å². The van der Waals surface area contributed by atoms with Gasteiger partial charge < -0.3 is 9.84 Å². The van der Waals surface area contributed by atoms with Gasteiger partial charge in [0.25, 0.3) is 0 Å². The largest absolute Gasteiger partial charge is 0.490 e. The molecule has 1 aromatic carbocycles. The third-order valence-electron chi connectivity index (χ3n) is 1.84. The maximum Gasteiger partial charge on any atom is 0.126 e. The van der Waals surface area contributed by atoms with Crippen molar-refractivity contribution in [2.45, 2.75) is 33.0 Å². The Morgan fingerprint density at radius 1 is 1.20 bits per heavy atom. The van der Waals surface area contributed by atoms with Crippen molar-refractivity contribution in [1.82, 2.24) is 0 Å². The minimum Gasteiger partial charge on any atom is -0.490 e. The number of benzene rings is 1. The number of hydrogen-bond acceptors (Lipinski definition) is 2. The van der Waals surface area contributed by atoms with Crippen molar-refractivity contribution in [3.8, 4) is 5.75 Å². The van der Waals surface area contributed by atoms with Crippen molar-refractivity contribution in [2.24, 2.45) is 0 Å². The normalized spacial score (nSPS) is 13.4. The van der Waals surface area contributed by atoms with Crippen molar-refractivity contribution < 1.29 is 9.84 Å². The van der Waals surface area contributed by atoms with Gasteiger partial charge in [0, 0.05) is 5.56 Å². The van der Waals surface area contributed by atoms with Crippen LogP contribution in [0.15, 0.2) is 30.3 Å². The van der Waals surface area contributed by atoms with E-state index in [9.17, 15) is 0 Å². The third-order valence-corrected chi connectivity index (χ3v) is 1.84. The molecule has 1 atom stereocenters. The number of rotatable bonds is 4. The van der Waals surface area contributed by atoms with Gasteiger partial charge in [-0.1, -0.05) is 30.4 Å². The molecule has 0 fully saturated rings. The first kappa shape index (κ1) is 11.8. The Morgan fingerprint density at radius 2 is 1.87 bits per heavy atom. The lowest BCUT2D eigenvalue weighted by Crippen LogP contribution is -2.06. The third kappa shape index (κ3) is 4.17. The van der Waals surface area contributed by atoms with E-state index < -0.39 is 6.10 Å². The Bertz CT molecular complexity index is 327. The molecule has 2 nitrogen and oxygen atoms in total. The van der Waals surface area contributed by atoms with Crippen molar-refractivity contribution in [2.75, 3.05) is 0 Å². The summed E-state index contributed by atoms with van der Waals surface area (Å²) < 4.78 is 5.64. The molecule has 0 bridgehead atoms. The number of aliphatic hydroxyl groups is 1. The van der Waals surface area contributed by atoms with Gasteiger partial charge in [0.15, 0.2) is 0 Å². The molecule has 1 unspecified atom stereocenters. The van der Waals surface area contributed by atoms with Crippen LogP contribution in [0.5, 0.6) is 5.75 Å². The van der Waals surface area contributed by atoms with Crippen LogP contribution in [-0.2, 0) is 0 Å². The van der Waals surface area contributed by atoms with Crippen LogP contribution in [0.3, 0.4) is 0 Å². The molecule has 82 valence electrons. The van der Waals surface area contributed by atoms with E-state index in [1.54, 1.807) is 13.0 Å². The maximum absolute atomic E-state index is 9.16. The average Bonchev–Trinajstić information content (AvgIpc) is 2.15. The summed E-state index contributed by atoms with van der Waals surface area (Å²) in [5.74, 6) is 0.851. The molecule has 0 aliphatic carbocycles. The van der Waals surface area contributed by atoms with Crippen LogP contribution in [0, 0.1) is 0 Å². The van der Waals surface area contributed by atoms with Crippen LogP contribution >= 0.6 is 0 Å². The summed E-state index contributed by atoms with van der Waals surface area (Å²) in [4.78, 5) is 0. The molecule has 0 radical (unpaired) electrons. The molecule has 0 aromatic heterocycles. The molecular weight excluding hydrogens is 188 g/mol. The van der Waals surface area contributed by atoms with E-state index in [1.165, 1.54) is 0 Å². The molecule has 0 aliphatic heterocycles. The SMILES string of the molecule is CC(O)/C=C/c1ccccc1OC(C)C. The summed E-state index contributed by atoms with van der Waals surface area (Å²) in [6.45, 7) is 5.72. The van der Waals surface area contributed by atoms with Gasteiger partial charge >= 0.3 is 0 Å². The van der Waals surface area contributed by atoms with E-state index >= 15 is 0 Å². The van der Waals surface area contributed by atoms with Crippen molar-refractivity contribution >= 4 is 6.08 Å². The summed E-state index contributed by atoms with van der Waals surface area (Å²) in [7, 11) is 0. The minimum absolute atomic E-state index is 0.158. The van der Waals surface area contributed by atoms with Gasteiger partial charge in [-0.3, -0.25) is 0 Å². The van der Waals surface area contributed by atoms with Crippen molar-refractivity contribution in [3.05, 3.63) is 35.9 Å². The van der Waals surface area contributed by atoms with Crippen molar-refractivity contribution in [1.29, 1.82) is 0 Å². The lowest BCUT2D eigenvalue weighted by molar-refractivity contribution is 0.241. The molecule has 0 amide bonds. The molecule has 0 spiro atoms. The molecule has 1 rings (SSSR count). The Balaban J connectivity index is 2.86. The highest BCUT2D eigenvalue weighted by Crippen LogP contribution is 2.20. The van der Waals surface area contributed by atoms with E-state index in [2.05, 4.69) is 0 Å². The fourth-order valence-corrected chi connectivity index (χ4v) is 1.22. The average molecular weight is 206 g/mol. The number of para-hydroxylation sites is 1. The fraction of sp³-hybridized carbons (Fsp3) is 0.385. The first-order valence-corrected chi connectivity index (χ1v) is 5.21. The lowest BCUT2D eigenvalue weighted by atomic mass is 10.1. The predicted molar refractivity (Wildman–Crippen MR) is 62.9 cm³/mol. The lowest BCUT2D eigenvalue weighted by Gasteiger charge is -2.12. The van der Waals surface area contributed by atoms with Gasteiger partial charge in [-0.25, -0.2) is 0 Å². The Labute approximate surface area is 91.2 Å². The molecule has 15 heavy (non-hydrogen) atoms. The first-order valence-electron chi connectivity index (χ1n) is 5.21. The standard InChI is InChI=1S/C13H18O2/c1-10(2)15-13-7-5-4-6-12(13)9-8-11(3)14/h4-11,14H,1-3H3/b9-8+. The van der Waals surface area contributed by atoms with Gasteiger partial charge in [-0.2, -0.15) is 0 Å². The Kier molecular flexibility index (Phi) is 4.37. The van der Waals surface area contributed by atoms with E-state index in [0.717, 1.165) is 11.3 Å². The Hall–Kier alpha value is -1.28. The highest BCUT2D eigenvalue weighted by atomic mass is 16.5. The summed E-state index contributed by atoms with van der Waals surface area (Å²) >= 11 is 0. The summed E-state index contributed by atoms with van der Waals surface area (Å²) in [5.41, 5.74) is 0.993. The molecule has 1 aromatic rings. The van der Waals surface area contributed by atoms with Gasteiger partial charge in [0.2, 0.25) is 0 Å². The van der Waals surface area contributed by atoms with Crippen LogP contribution in [0.2, 0.25) is 0 Å². The number of aliphatic hydroxyl groups excluding tert-OH is 1. The molecular formula is C13H18O2. The summed E-state index contributed by atoms with van der Waals surface area (Å²) in [5, 5.41) is 9.16. The first-order chi connectivity index (χ1) is 7.09. The second kappa shape index (κ2) is 5.56. The van der Waals surface area contributed by atoms with Crippen molar-refractivity contribution in [3.63, 3.8) is 0 Å². The molecule has 0 saturated carbocycles. The summed E-state index contributed by atoms with van der Waals surface area (Å²) in [6, 6.07) is 7.80. The van der Waals surface area contributed by atoms with Gasteiger partial charge in [-0.15, -0.1) is 0 Å². The molecule has 1 N–H and O–H groups in total. The zero-order valence-electron chi connectivity index (χ0n) is 9.47. The van der Waals surface area contributed by atoms with Crippen LogP contribution in [0.25, 0.3) is 6.08 Å². The smallest absolute Gasteiger partial charge is 0.126 e. The quantitative estimate of drug-likeness (QED) is 0.820. The highest BCUT2D eigenvalue weighted by molar-refractivity contribution is 5.57. The molecule has 0 heterocycles. The fourth-order valence-electron chi connectivity index (χ4n) is 1.22. The zero-order chi connectivity index (χ0) is 11.3. The van der Waals surface area contributed by atoms with Gasteiger partial charge in [0.1, 0.15) is 5.75 Å². The van der Waals surface area contributed by atoms with Crippen LogP contribution in [0.4, 0.5) is 0 Å². The van der Waals surface area contributed by atoms with Gasteiger partial charge in [0.05, 0.1) is 12.2 Å². The number of ether oxygens (including phenoxy) is 1. The maximum atomic E-state index is 9.16. The minimum atomic E-state index is -0.433. The van der Waals surface area contributed by atoms with Gasteiger partial charge in [-0.05, 0) is 26.8 Å². The van der Waals surface area contributed by atoms with Crippen LogP contribution in [-0.4, -0.2) is 17.3 Å². The molecule has 0 saturated heterocycles. The van der Waals surface area contributed by atoms with E-state index in [0.29, 0.717) is 0 Å². The Morgan fingerprint density at radius 3 is 2.47 bits per heavy atom. The monoisotopic (exact) mass is 206 g/mol. The molecule has 2 heteroatoms. The second-order valence-corrected chi connectivity index (χ2v) is 3.80. The van der Waals surface area contributed by atoms with E-state index in [-0.39, 0.29) is 6.10 Å². The van der Waals surface area contributed by atoms with E-state index in [4.69, 9.17) is 9.84 Å². The summed E-state index contributed by atoms with van der Waals surface area (Å²) in [6.07, 6.45) is 3.34. The van der Waals surface area contributed by atoms with Crippen LogP contribution in [0.1, 0.15) is 26.3 Å². The molecule has 0 aliphatic rings. The topological polar surface area (TPSA) is 29.5 Å².